The molecule has 0 radical (unpaired) electrons. The van der Waals surface area contributed by atoms with E-state index in [9.17, 15) is 4.79 Å². The molecule has 0 aliphatic carbocycles. The highest BCUT2D eigenvalue weighted by atomic mass is 35.5. The molecular formula is C20H22ClN5O4. The molecule has 1 amide bonds. The molecule has 1 unspecified atom stereocenters. The van der Waals surface area contributed by atoms with Crippen LogP contribution >= 0.6 is 11.6 Å². The van der Waals surface area contributed by atoms with Crippen LogP contribution in [0.3, 0.4) is 0 Å². The van der Waals surface area contributed by atoms with E-state index in [-0.39, 0.29) is 18.4 Å². The molecule has 0 bridgehead atoms. The van der Waals surface area contributed by atoms with Crippen LogP contribution in [0.2, 0.25) is 5.02 Å². The number of rotatable bonds is 7. The van der Waals surface area contributed by atoms with Gasteiger partial charge in [0.15, 0.2) is 0 Å². The number of nitrogens with zero attached hydrogens (tertiary/aromatic N) is 4. The van der Waals surface area contributed by atoms with Crippen molar-refractivity contribution in [3.8, 4) is 5.75 Å². The zero-order valence-electron chi connectivity index (χ0n) is 16.5. The highest BCUT2D eigenvalue weighted by Gasteiger charge is 2.28. The third-order valence-corrected chi connectivity index (χ3v) is 5.14. The summed E-state index contributed by atoms with van der Waals surface area (Å²) >= 11 is 5.96. The Balaban J connectivity index is 1.30. The van der Waals surface area contributed by atoms with E-state index in [0.717, 1.165) is 17.1 Å². The van der Waals surface area contributed by atoms with Crippen molar-refractivity contribution in [3.05, 3.63) is 58.1 Å². The first-order valence-electron chi connectivity index (χ1n) is 9.68. The molecule has 0 spiro atoms. The zero-order valence-corrected chi connectivity index (χ0v) is 17.3. The molecule has 1 atom stereocenters. The fourth-order valence-electron chi connectivity index (χ4n) is 3.23. The summed E-state index contributed by atoms with van der Waals surface area (Å²) in [6.07, 6.45) is 0.542. The van der Waals surface area contributed by atoms with Crippen LogP contribution in [0.5, 0.6) is 5.75 Å². The van der Waals surface area contributed by atoms with Gasteiger partial charge in [-0.3, -0.25) is 9.89 Å². The Bertz CT molecular complexity index is 1000. The lowest BCUT2D eigenvalue weighted by molar-refractivity contribution is -0.138. The van der Waals surface area contributed by atoms with Crippen LogP contribution in [-0.2, 0) is 22.4 Å². The predicted octanol–water partition coefficient (Wildman–Crippen LogP) is 2.52. The van der Waals surface area contributed by atoms with E-state index in [1.54, 1.807) is 24.0 Å². The van der Waals surface area contributed by atoms with Gasteiger partial charge >= 0.3 is 0 Å². The van der Waals surface area contributed by atoms with E-state index < -0.39 is 0 Å². The number of halogens is 1. The van der Waals surface area contributed by atoms with Crippen LogP contribution in [0.4, 0.5) is 0 Å². The number of aromatic amines is 1. The summed E-state index contributed by atoms with van der Waals surface area (Å²) in [5, 5.41) is 15.5. The van der Waals surface area contributed by atoms with Crippen molar-refractivity contribution >= 4 is 17.5 Å². The maximum absolute atomic E-state index is 12.6. The summed E-state index contributed by atoms with van der Waals surface area (Å²) in [4.78, 5) is 14.4. The smallest absolute Gasteiger partial charge is 0.228 e. The average Bonchev–Trinajstić information content (AvgIpc) is 3.38. The zero-order chi connectivity index (χ0) is 20.9. The Morgan fingerprint density at radius 1 is 1.37 bits per heavy atom. The Morgan fingerprint density at radius 2 is 2.27 bits per heavy atom. The van der Waals surface area contributed by atoms with Gasteiger partial charge in [-0.05, 0) is 31.2 Å². The van der Waals surface area contributed by atoms with Crippen molar-refractivity contribution in [1.29, 1.82) is 0 Å². The number of morpholine rings is 1. The number of aromatic nitrogens is 4. The maximum atomic E-state index is 12.6. The summed E-state index contributed by atoms with van der Waals surface area (Å²) in [7, 11) is 0. The number of hydrogen-bond donors (Lipinski definition) is 1. The summed E-state index contributed by atoms with van der Waals surface area (Å²) in [6.45, 7) is 3.68. The molecule has 9 nitrogen and oxygen atoms in total. The van der Waals surface area contributed by atoms with E-state index in [4.69, 9.17) is 21.1 Å². The molecule has 10 heteroatoms. The van der Waals surface area contributed by atoms with Crippen molar-refractivity contribution in [2.24, 2.45) is 0 Å². The first-order chi connectivity index (χ1) is 14.6. The highest BCUT2D eigenvalue weighted by Crippen LogP contribution is 2.22. The van der Waals surface area contributed by atoms with Gasteiger partial charge in [0.1, 0.15) is 23.2 Å². The second-order valence-corrected chi connectivity index (χ2v) is 7.48. The lowest BCUT2D eigenvalue weighted by Gasteiger charge is -2.32. The predicted molar refractivity (Wildman–Crippen MR) is 107 cm³/mol. The summed E-state index contributed by atoms with van der Waals surface area (Å²) in [6, 6.07) is 9.24. The Hall–Kier alpha value is -2.91. The fourth-order valence-corrected chi connectivity index (χ4v) is 3.41. The van der Waals surface area contributed by atoms with Crippen LogP contribution < -0.4 is 4.74 Å². The van der Waals surface area contributed by atoms with Gasteiger partial charge in [-0.25, -0.2) is 4.63 Å². The first kappa shape index (κ1) is 20.4. The number of H-pyrrole nitrogens is 1. The van der Waals surface area contributed by atoms with Gasteiger partial charge in [-0.15, -0.1) is 0 Å². The van der Waals surface area contributed by atoms with Crippen LogP contribution in [0.1, 0.15) is 28.9 Å². The van der Waals surface area contributed by atoms with E-state index in [2.05, 4.69) is 25.1 Å². The SMILES string of the molecule is Cc1nonc1CC(=O)N1CCOC(c2cc(CCOc3cccc(Cl)c3)[nH]n2)C1. The normalized spacial score (nSPS) is 16.6. The van der Waals surface area contributed by atoms with Crippen LogP contribution in [0.25, 0.3) is 0 Å². The quantitative estimate of drug-likeness (QED) is 0.612. The Kier molecular flexibility index (Phi) is 6.29. The number of amides is 1. The third kappa shape index (κ3) is 4.98. The number of carbonyl (C=O) groups is 1. The summed E-state index contributed by atoms with van der Waals surface area (Å²) < 4.78 is 16.2. The summed E-state index contributed by atoms with van der Waals surface area (Å²) in [5.74, 6) is 0.692. The molecule has 4 rings (SSSR count). The van der Waals surface area contributed by atoms with Gasteiger partial charge in [0.25, 0.3) is 0 Å². The molecule has 30 heavy (non-hydrogen) atoms. The number of hydrogen-bond acceptors (Lipinski definition) is 7. The standard InChI is InChI=1S/C20H22ClN5O4/c1-13-17(25-30-24-13)11-20(27)26-6-8-29-19(12-26)18-10-15(22-23-18)5-7-28-16-4-2-3-14(21)9-16/h2-4,9-10,19H,5-8,11-12H2,1H3,(H,22,23). The third-order valence-electron chi connectivity index (χ3n) is 4.90. The summed E-state index contributed by atoms with van der Waals surface area (Å²) in [5.41, 5.74) is 2.89. The van der Waals surface area contributed by atoms with Crippen molar-refractivity contribution < 1.29 is 18.9 Å². The topological polar surface area (TPSA) is 106 Å². The molecule has 1 saturated heterocycles. The van der Waals surface area contributed by atoms with E-state index >= 15 is 0 Å². The highest BCUT2D eigenvalue weighted by molar-refractivity contribution is 6.30. The number of nitrogens with one attached hydrogen (secondary N) is 1. The van der Waals surface area contributed by atoms with Gasteiger partial charge in [0, 0.05) is 23.7 Å². The van der Waals surface area contributed by atoms with E-state index in [1.165, 1.54) is 0 Å². The van der Waals surface area contributed by atoms with Crippen molar-refractivity contribution in [2.45, 2.75) is 25.9 Å². The second kappa shape index (κ2) is 9.27. The van der Waals surface area contributed by atoms with E-state index in [1.807, 2.05) is 18.2 Å². The number of benzene rings is 1. The van der Waals surface area contributed by atoms with Gasteiger partial charge in [0.2, 0.25) is 5.91 Å². The molecule has 0 saturated carbocycles. The molecule has 1 aromatic carbocycles. The average molecular weight is 432 g/mol. The number of ether oxygens (including phenoxy) is 2. The molecule has 1 N–H and O–H groups in total. The number of aryl methyl sites for hydroxylation is 1. The molecule has 1 aliphatic rings. The monoisotopic (exact) mass is 431 g/mol. The van der Waals surface area contributed by atoms with Crippen LogP contribution in [-0.4, -0.2) is 57.6 Å². The Morgan fingerprint density at radius 3 is 3.07 bits per heavy atom. The molecular weight excluding hydrogens is 410 g/mol. The molecule has 1 fully saturated rings. The molecule has 1 aliphatic heterocycles. The fraction of sp³-hybridized carbons (Fsp3) is 0.400. The minimum Gasteiger partial charge on any atom is -0.493 e. The van der Waals surface area contributed by atoms with Gasteiger partial charge < -0.3 is 14.4 Å². The van der Waals surface area contributed by atoms with Crippen molar-refractivity contribution in [3.63, 3.8) is 0 Å². The number of carbonyl (C=O) groups excluding carboxylic acids is 1. The Labute approximate surface area is 178 Å². The van der Waals surface area contributed by atoms with E-state index in [0.29, 0.717) is 49.1 Å². The molecule has 2 aromatic heterocycles. The lowest BCUT2D eigenvalue weighted by Crippen LogP contribution is -2.43. The maximum Gasteiger partial charge on any atom is 0.228 e. The van der Waals surface area contributed by atoms with Crippen molar-refractivity contribution in [2.75, 3.05) is 26.3 Å². The largest absolute Gasteiger partial charge is 0.493 e. The molecule has 3 heterocycles. The molecule has 3 aromatic rings. The van der Waals surface area contributed by atoms with Gasteiger partial charge in [-0.2, -0.15) is 5.10 Å². The van der Waals surface area contributed by atoms with Crippen LogP contribution in [0.15, 0.2) is 35.0 Å². The van der Waals surface area contributed by atoms with Crippen molar-refractivity contribution in [1.82, 2.24) is 25.4 Å². The minimum absolute atomic E-state index is 0.0345. The van der Waals surface area contributed by atoms with Gasteiger partial charge in [0.05, 0.1) is 31.9 Å². The van der Waals surface area contributed by atoms with Gasteiger partial charge in [-0.1, -0.05) is 28.0 Å². The second-order valence-electron chi connectivity index (χ2n) is 7.05. The minimum atomic E-state index is -0.280. The molecule has 158 valence electrons. The lowest BCUT2D eigenvalue weighted by atomic mass is 10.1. The first-order valence-corrected chi connectivity index (χ1v) is 10.1. The van der Waals surface area contributed by atoms with Crippen LogP contribution in [0, 0.1) is 6.92 Å².